The molecule has 1 aromatic carbocycles. The average Bonchev–Trinajstić information content (AvgIpc) is 2.93. The van der Waals surface area contributed by atoms with E-state index in [9.17, 15) is 0 Å². The third-order valence-corrected chi connectivity index (χ3v) is 5.01. The molecule has 148 valence electrons. The summed E-state index contributed by atoms with van der Waals surface area (Å²) in [5.74, 6) is 1.25. The Morgan fingerprint density at radius 2 is 1.83 bits per heavy atom. The van der Waals surface area contributed by atoms with Crippen molar-refractivity contribution in [1.82, 2.24) is 24.4 Å². The van der Waals surface area contributed by atoms with E-state index in [0.29, 0.717) is 0 Å². The number of allylic oxidation sites excluding steroid dienone is 1. The van der Waals surface area contributed by atoms with Crippen molar-refractivity contribution in [2.24, 2.45) is 0 Å². The molecule has 6 nitrogen and oxygen atoms in total. The molecule has 0 saturated carbocycles. The molecule has 2 N–H and O–H groups in total. The largest absolute Gasteiger partial charge is 0.368 e. The number of aryl methyl sites for hydroxylation is 2. The van der Waals surface area contributed by atoms with Gasteiger partial charge in [-0.3, -0.25) is 0 Å². The minimum Gasteiger partial charge on any atom is -0.368 e. The van der Waals surface area contributed by atoms with Gasteiger partial charge < -0.3 is 15.2 Å². The summed E-state index contributed by atoms with van der Waals surface area (Å²) in [6.07, 6.45) is 9.02. The zero-order chi connectivity index (χ0) is 20.5. The Labute approximate surface area is 171 Å². The van der Waals surface area contributed by atoms with Gasteiger partial charge in [0.1, 0.15) is 5.82 Å². The van der Waals surface area contributed by atoms with Gasteiger partial charge in [-0.2, -0.15) is 0 Å². The summed E-state index contributed by atoms with van der Waals surface area (Å²) < 4.78 is 2.14. The number of hydrogen-bond acceptors (Lipinski definition) is 5. The second-order valence-corrected chi connectivity index (χ2v) is 7.76. The SMILES string of the molecule is Cc1ccc(-c2nc3n(c2-c2nc(N)ncc2C)C=CC(CN(C)C)=CC3)cc1. The highest BCUT2D eigenvalue weighted by Gasteiger charge is 2.22. The minimum absolute atomic E-state index is 0.264. The number of fused-ring (bicyclic) bond motifs is 1. The highest BCUT2D eigenvalue weighted by Crippen LogP contribution is 2.35. The first-order valence-electron chi connectivity index (χ1n) is 9.72. The molecule has 0 amide bonds. The van der Waals surface area contributed by atoms with Crippen LogP contribution in [0.1, 0.15) is 17.0 Å². The van der Waals surface area contributed by atoms with Crippen molar-refractivity contribution < 1.29 is 0 Å². The molecule has 0 atom stereocenters. The van der Waals surface area contributed by atoms with E-state index in [-0.39, 0.29) is 5.95 Å². The lowest BCUT2D eigenvalue weighted by molar-refractivity contribution is 0.448. The average molecular weight is 387 g/mol. The van der Waals surface area contributed by atoms with Crippen LogP contribution in [0.25, 0.3) is 28.8 Å². The summed E-state index contributed by atoms with van der Waals surface area (Å²) in [5, 5.41) is 0. The van der Waals surface area contributed by atoms with E-state index in [1.807, 2.05) is 6.92 Å². The van der Waals surface area contributed by atoms with E-state index in [2.05, 4.69) is 83.1 Å². The van der Waals surface area contributed by atoms with E-state index in [1.165, 1.54) is 11.1 Å². The molecule has 3 aromatic rings. The lowest BCUT2D eigenvalue weighted by atomic mass is 10.0. The second-order valence-electron chi connectivity index (χ2n) is 7.76. The zero-order valence-corrected chi connectivity index (χ0v) is 17.3. The second kappa shape index (κ2) is 7.64. The molecule has 3 heterocycles. The Morgan fingerprint density at radius 3 is 2.55 bits per heavy atom. The van der Waals surface area contributed by atoms with E-state index >= 15 is 0 Å². The van der Waals surface area contributed by atoms with Crippen LogP contribution in [0.5, 0.6) is 0 Å². The summed E-state index contributed by atoms with van der Waals surface area (Å²) in [5.41, 5.74) is 13.1. The first kappa shape index (κ1) is 19.1. The fraction of sp³-hybridized carbons (Fsp3) is 0.261. The molecule has 0 saturated heterocycles. The number of nitrogens with two attached hydrogens (primary N) is 1. The van der Waals surface area contributed by atoms with Crippen LogP contribution in [0.3, 0.4) is 0 Å². The van der Waals surface area contributed by atoms with Crippen molar-refractivity contribution in [1.29, 1.82) is 0 Å². The first-order chi connectivity index (χ1) is 13.9. The van der Waals surface area contributed by atoms with E-state index in [1.54, 1.807) is 6.20 Å². The number of likely N-dealkylation sites (N-methyl/N-ethyl adjacent to an activating group) is 1. The molecule has 4 rings (SSSR count). The van der Waals surface area contributed by atoms with Gasteiger partial charge in [-0.15, -0.1) is 0 Å². The van der Waals surface area contributed by atoms with Crippen LogP contribution < -0.4 is 5.73 Å². The molecule has 1 aliphatic rings. The van der Waals surface area contributed by atoms with Crippen molar-refractivity contribution in [2.45, 2.75) is 20.3 Å². The fourth-order valence-corrected chi connectivity index (χ4v) is 3.56. The number of aromatic nitrogens is 4. The number of rotatable bonds is 4. The number of hydrogen-bond donors (Lipinski definition) is 1. The molecular weight excluding hydrogens is 360 g/mol. The predicted octanol–water partition coefficient (Wildman–Crippen LogP) is 3.72. The summed E-state index contributed by atoms with van der Waals surface area (Å²) in [7, 11) is 4.15. The van der Waals surface area contributed by atoms with Gasteiger partial charge in [-0.25, -0.2) is 15.0 Å². The minimum atomic E-state index is 0.264. The van der Waals surface area contributed by atoms with Crippen molar-refractivity contribution >= 4 is 12.1 Å². The molecule has 29 heavy (non-hydrogen) atoms. The lowest BCUT2D eigenvalue weighted by Crippen LogP contribution is -2.14. The van der Waals surface area contributed by atoms with Crippen LogP contribution >= 0.6 is 0 Å². The van der Waals surface area contributed by atoms with Gasteiger partial charge in [0.2, 0.25) is 5.95 Å². The van der Waals surface area contributed by atoms with Gasteiger partial charge in [0, 0.05) is 30.9 Å². The predicted molar refractivity (Wildman–Crippen MR) is 118 cm³/mol. The van der Waals surface area contributed by atoms with Crippen LogP contribution in [-0.2, 0) is 6.42 Å². The molecule has 6 heteroatoms. The molecule has 0 unspecified atom stereocenters. The zero-order valence-electron chi connectivity index (χ0n) is 17.3. The van der Waals surface area contributed by atoms with Crippen LogP contribution in [0.15, 0.2) is 48.2 Å². The first-order valence-corrected chi connectivity index (χ1v) is 9.72. The molecule has 0 aliphatic carbocycles. The third kappa shape index (κ3) is 3.84. The van der Waals surface area contributed by atoms with E-state index in [4.69, 9.17) is 10.7 Å². The van der Waals surface area contributed by atoms with Crippen LogP contribution in [0.2, 0.25) is 0 Å². The van der Waals surface area contributed by atoms with Gasteiger partial charge in [-0.05, 0) is 45.2 Å². The van der Waals surface area contributed by atoms with Gasteiger partial charge in [-0.1, -0.05) is 35.9 Å². The quantitative estimate of drug-likeness (QED) is 0.740. The molecule has 0 spiro atoms. The van der Waals surface area contributed by atoms with Crippen molar-refractivity contribution in [3.8, 4) is 22.6 Å². The Bertz CT molecular complexity index is 1100. The van der Waals surface area contributed by atoms with Crippen LogP contribution in [0, 0.1) is 13.8 Å². The van der Waals surface area contributed by atoms with Crippen molar-refractivity contribution in [3.05, 3.63) is 65.1 Å². The molecule has 2 aromatic heterocycles. The van der Waals surface area contributed by atoms with E-state index in [0.717, 1.165) is 47.0 Å². The molecule has 0 radical (unpaired) electrons. The maximum atomic E-state index is 5.94. The van der Waals surface area contributed by atoms with Crippen LogP contribution in [-0.4, -0.2) is 45.1 Å². The van der Waals surface area contributed by atoms with Gasteiger partial charge in [0.15, 0.2) is 0 Å². The van der Waals surface area contributed by atoms with Gasteiger partial charge in [0.25, 0.3) is 0 Å². The van der Waals surface area contributed by atoms with Crippen molar-refractivity contribution in [3.63, 3.8) is 0 Å². The highest BCUT2D eigenvalue weighted by atomic mass is 15.1. The summed E-state index contributed by atoms with van der Waals surface area (Å²) >= 11 is 0. The maximum absolute atomic E-state index is 5.94. The normalized spacial score (nSPS) is 13.3. The third-order valence-electron chi connectivity index (χ3n) is 5.01. The number of benzene rings is 1. The maximum Gasteiger partial charge on any atom is 0.220 e. The van der Waals surface area contributed by atoms with Crippen LogP contribution in [0.4, 0.5) is 5.95 Å². The van der Waals surface area contributed by atoms with Crippen molar-refractivity contribution in [2.75, 3.05) is 26.4 Å². The van der Waals surface area contributed by atoms with E-state index < -0.39 is 0 Å². The standard InChI is InChI=1S/C23H26N6/c1-15-5-8-18(9-6-15)21-22(20-16(2)13-25-23(24)27-20)29-12-11-17(14-28(3)4)7-10-19(29)26-21/h5-9,11-13H,10,14H2,1-4H3,(H2,24,25,27). The van der Waals surface area contributed by atoms with Gasteiger partial charge in [0.05, 0.1) is 17.1 Å². The Balaban J connectivity index is 1.91. The molecule has 0 bridgehead atoms. The topological polar surface area (TPSA) is 72.9 Å². The number of nitrogen functional groups attached to an aromatic ring is 1. The number of anilines is 1. The highest BCUT2D eigenvalue weighted by molar-refractivity contribution is 5.81. The monoisotopic (exact) mass is 386 g/mol. The number of imidazole rings is 1. The summed E-state index contributed by atoms with van der Waals surface area (Å²) in [6.45, 7) is 4.98. The summed E-state index contributed by atoms with van der Waals surface area (Å²) in [6, 6.07) is 8.43. The Kier molecular flexibility index (Phi) is 5.03. The number of nitrogens with zero attached hydrogens (tertiary/aromatic N) is 5. The Hall–Kier alpha value is -3.25. The Morgan fingerprint density at radius 1 is 1.07 bits per heavy atom. The fourth-order valence-electron chi connectivity index (χ4n) is 3.56. The molecule has 0 fully saturated rings. The molecular formula is C23H26N6. The molecule has 1 aliphatic heterocycles. The van der Waals surface area contributed by atoms with Gasteiger partial charge >= 0.3 is 0 Å². The lowest BCUT2D eigenvalue weighted by Gasteiger charge is -2.11. The summed E-state index contributed by atoms with van der Waals surface area (Å²) in [4.78, 5) is 15.9. The smallest absolute Gasteiger partial charge is 0.220 e.